The molecule has 29 heavy (non-hydrogen) atoms. The van der Waals surface area contributed by atoms with Gasteiger partial charge in [0.05, 0.1) is 38.6 Å². The topological polar surface area (TPSA) is 100 Å². The summed E-state index contributed by atoms with van der Waals surface area (Å²) < 4.78 is 20.3. The molecule has 0 saturated heterocycles. The van der Waals surface area contributed by atoms with Crippen LogP contribution in [-0.4, -0.2) is 45.3 Å². The van der Waals surface area contributed by atoms with Crippen LogP contribution < -0.4 is 14.8 Å². The van der Waals surface area contributed by atoms with Gasteiger partial charge in [-0.15, -0.1) is 0 Å². The Bertz CT molecular complexity index is 872. The monoisotopic (exact) mass is 401 g/mol. The normalized spacial score (nSPS) is 10.1. The van der Waals surface area contributed by atoms with Crippen molar-refractivity contribution in [1.29, 1.82) is 0 Å². The van der Waals surface area contributed by atoms with E-state index in [1.165, 1.54) is 38.5 Å². The Morgan fingerprint density at radius 3 is 1.79 bits per heavy atom. The predicted octanol–water partition coefficient (Wildman–Crippen LogP) is 3.31. The Morgan fingerprint density at radius 1 is 0.759 bits per heavy atom. The van der Waals surface area contributed by atoms with E-state index in [-0.39, 0.29) is 30.0 Å². The number of hydrogen-bond acceptors (Lipinski definition) is 7. The third-order valence-electron chi connectivity index (χ3n) is 3.86. The zero-order chi connectivity index (χ0) is 21.4. The van der Waals surface area contributed by atoms with Crippen molar-refractivity contribution in [3.63, 3.8) is 0 Å². The van der Waals surface area contributed by atoms with E-state index in [1.54, 1.807) is 26.0 Å². The number of ether oxygens (including phenoxy) is 4. The minimum atomic E-state index is -0.611. The number of benzene rings is 2. The van der Waals surface area contributed by atoms with Crippen molar-refractivity contribution in [2.45, 2.75) is 13.8 Å². The second kappa shape index (κ2) is 10.1. The van der Waals surface area contributed by atoms with Gasteiger partial charge < -0.3 is 24.3 Å². The maximum absolute atomic E-state index is 12.7. The van der Waals surface area contributed by atoms with Gasteiger partial charge in [-0.25, -0.2) is 9.59 Å². The van der Waals surface area contributed by atoms with Gasteiger partial charge in [0.25, 0.3) is 5.91 Å². The van der Waals surface area contributed by atoms with Gasteiger partial charge >= 0.3 is 11.9 Å². The molecule has 0 aliphatic rings. The maximum Gasteiger partial charge on any atom is 0.338 e. The van der Waals surface area contributed by atoms with Gasteiger partial charge in [0, 0.05) is 11.3 Å². The second-order valence-corrected chi connectivity index (χ2v) is 5.76. The van der Waals surface area contributed by atoms with Gasteiger partial charge in [-0.05, 0) is 50.2 Å². The Labute approximate surface area is 168 Å². The summed E-state index contributed by atoms with van der Waals surface area (Å²) in [4.78, 5) is 36.9. The maximum atomic E-state index is 12.7. The first-order valence-corrected chi connectivity index (χ1v) is 8.96. The summed E-state index contributed by atoms with van der Waals surface area (Å²) in [5.41, 5.74) is 0.806. The molecular weight excluding hydrogens is 378 g/mol. The Balaban J connectivity index is 2.36. The summed E-state index contributed by atoms with van der Waals surface area (Å²) >= 11 is 0. The fourth-order valence-electron chi connectivity index (χ4n) is 2.55. The third kappa shape index (κ3) is 5.47. The molecule has 1 amide bonds. The van der Waals surface area contributed by atoms with Crippen LogP contribution in [0.25, 0.3) is 0 Å². The zero-order valence-electron chi connectivity index (χ0n) is 16.7. The molecule has 0 aliphatic carbocycles. The van der Waals surface area contributed by atoms with E-state index in [9.17, 15) is 14.4 Å². The first-order valence-electron chi connectivity index (χ1n) is 8.96. The van der Waals surface area contributed by atoms with Crippen LogP contribution in [0.1, 0.15) is 44.9 Å². The van der Waals surface area contributed by atoms with Crippen molar-refractivity contribution < 1.29 is 33.3 Å². The highest BCUT2D eigenvalue weighted by molar-refractivity contribution is 6.06. The lowest BCUT2D eigenvalue weighted by Crippen LogP contribution is -2.15. The van der Waals surface area contributed by atoms with Crippen LogP contribution in [0, 0.1) is 0 Å². The number of amides is 1. The highest BCUT2D eigenvalue weighted by Gasteiger charge is 2.17. The summed E-state index contributed by atoms with van der Waals surface area (Å²) in [6.07, 6.45) is 0. The van der Waals surface area contributed by atoms with Gasteiger partial charge in [-0.1, -0.05) is 0 Å². The van der Waals surface area contributed by atoms with Crippen molar-refractivity contribution in [3.05, 3.63) is 53.1 Å². The van der Waals surface area contributed by atoms with E-state index >= 15 is 0 Å². The summed E-state index contributed by atoms with van der Waals surface area (Å²) in [7, 11) is 2.96. The van der Waals surface area contributed by atoms with E-state index < -0.39 is 17.8 Å². The average Bonchev–Trinajstić information content (AvgIpc) is 2.73. The van der Waals surface area contributed by atoms with Gasteiger partial charge in [0.15, 0.2) is 11.5 Å². The molecule has 0 bridgehead atoms. The van der Waals surface area contributed by atoms with Crippen LogP contribution >= 0.6 is 0 Å². The molecule has 154 valence electrons. The smallest absolute Gasteiger partial charge is 0.338 e. The highest BCUT2D eigenvalue weighted by Crippen LogP contribution is 2.28. The van der Waals surface area contributed by atoms with E-state index in [2.05, 4.69) is 5.32 Å². The second-order valence-electron chi connectivity index (χ2n) is 5.76. The molecule has 8 nitrogen and oxygen atoms in total. The van der Waals surface area contributed by atoms with Crippen molar-refractivity contribution in [1.82, 2.24) is 0 Å². The van der Waals surface area contributed by atoms with Gasteiger partial charge in [-0.2, -0.15) is 0 Å². The van der Waals surface area contributed by atoms with Crippen LogP contribution in [0.2, 0.25) is 0 Å². The molecule has 0 aromatic heterocycles. The molecule has 0 unspecified atom stereocenters. The van der Waals surface area contributed by atoms with Gasteiger partial charge in [0.2, 0.25) is 0 Å². The summed E-state index contributed by atoms with van der Waals surface area (Å²) in [6.45, 7) is 3.70. The summed E-state index contributed by atoms with van der Waals surface area (Å²) in [5, 5.41) is 2.67. The Kier molecular flexibility index (Phi) is 7.59. The SMILES string of the molecule is CCOC(=O)c1cc(NC(=O)c2ccc(OC)c(OC)c2)cc(C(=O)OCC)c1. The number of carbonyl (C=O) groups is 3. The van der Waals surface area contributed by atoms with Crippen LogP contribution in [0.4, 0.5) is 5.69 Å². The number of anilines is 1. The number of carbonyl (C=O) groups excluding carboxylic acids is 3. The minimum Gasteiger partial charge on any atom is -0.493 e. The Morgan fingerprint density at radius 2 is 1.31 bits per heavy atom. The van der Waals surface area contributed by atoms with E-state index in [0.717, 1.165) is 0 Å². The predicted molar refractivity (Wildman–Crippen MR) is 106 cm³/mol. The number of rotatable bonds is 8. The molecule has 1 N–H and O–H groups in total. The van der Waals surface area contributed by atoms with Crippen LogP contribution in [0.15, 0.2) is 36.4 Å². The molecule has 0 saturated carbocycles. The molecule has 8 heteroatoms. The lowest BCUT2D eigenvalue weighted by Gasteiger charge is -2.12. The zero-order valence-corrected chi connectivity index (χ0v) is 16.7. The number of esters is 2. The van der Waals surface area contributed by atoms with Gasteiger partial charge in [-0.3, -0.25) is 4.79 Å². The van der Waals surface area contributed by atoms with Gasteiger partial charge in [0.1, 0.15) is 0 Å². The molecule has 0 heterocycles. The fraction of sp³-hybridized carbons (Fsp3) is 0.286. The van der Waals surface area contributed by atoms with E-state index in [1.807, 2.05) is 0 Å². The largest absolute Gasteiger partial charge is 0.493 e. The average molecular weight is 401 g/mol. The molecule has 0 spiro atoms. The standard InChI is InChI=1S/C21H23NO7/c1-5-28-20(24)14-9-15(21(25)29-6-2)11-16(10-14)22-19(23)13-7-8-17(26-3)18(12-13)27-4/h7-12H,5-6H2,1-4H3,(H,22,23). The van der Waals surface area contributed by atoms with Crippen molar-refractivity contribution in [2.24, 2.45) is 0 Å². The minimum absolute atomic E-state index is 0.125. The van der Waals surface area contributed by atoms with Crippen molar-refractivity contribution in [2.75, 3.05) is 32.8 Å². The van der Waals surface area contributed by atoms with E-state index in [0.29, 0.717) is 17.1 Å². The first-order chi connectivity index (χ1) is 13.9. The van der Waals surface area contributed by atoms with Crippen LogP contribution in [-0.2, 0) is 9.47 Å². The number of methoxy groups -OCH3 is 2. The Hall–Kier alpha value is -3.55. The molecule has 0 fully saturated rings. The third-order valence-corrected chi connectivity index (χ3v) is 3.86. The molecular formula is C21H23NO7. The molecule has 2 rings (SSSR count). The molecule has 2 aromatic carbocycles. The summed E-state index contributed by atoms with van der Waals surface area (Å²) in [6, 6.07) is 8.92. The number of hydrogen-bond donors (Lipinski definition) is 1. The lowest BCUT2D eigenvalue weighted by atomic mass is 10.1. The first kappa shape index (κ1) is 21.7. The summed E-state index contributed by atoms with van der Waals surface area (Å²) in [5.74, 6) is -0.798. The molecule has 0 aliphatic heterocycles. The highest BCUT2D eigenvalue weighted by atomic mass is 16.5. The molecule has 2 aromatic rings. The van der Waals surface area contributed by atoms with E-state index in [4.69, 9.17) is 18.9 Å². The van der Waals surface area contributed by atoms with Crippen LogP contribution in [0.5, 0.6) is 11.5 Å². The number of nitrogens with one attached hydrogen (secondary N) is 1. The molecule has 0 radical (unpaired) electrons. The van der Waals surface area contributed by atoms with Crippen molar-refractivity contribution >= 4 is 23.5 Å². The van der Waals surface area contributed by atoms with Crippen molar-refractivity contribution in [3.8, 4) is 11.5 Å². The lowest BCUT2D eigenvalue weighted by molar-refractivity contribution is 0.0525. The fourth-order valence-corrected chi connectivity index (χ4v) is 2.55. The van der Waals surface area contributed by atoms with Crippen LogP contribution in [0.3, 0.4) is 0 Å². The molecule has 0 atom stereocenters. The quantitative estimate of drug-likeness (QED) is 0.677.